The third-order valence-electron chi connectivity index (χ3n) is 8.45. The number of rotatable bonds is 4. The Morgan fingerprint density at radius 1 is 1.03 bits per heavy atom. The Labute approximate surface area is 179 Å². The number of fused-ring (bicyclic) bond motifs is 4. The summed E-state index contributed by atoms with van der Waals surface area (Å²) in [6.45, 7) is 2.45. The molecule has 0 amide bonds. The van der Waals surface area contributed by atoms with Crippen LogP contribution in [0.5, 0.6) is 0 Å². The van der Waals surface area contributed by atoms with E-state index in [0.717, 1.165) is 51.4 Å². The fraction of sp³-hybridized carbons (Fsp3) is 0.556. The zero-order chi connectivity index (χ0) is 20.9. The molecule has 158 valence electrons. The number of Topliss-reactive ketones (excluding diaryl/α,β-unsaturated/α-hetero) is 1. The number of carbonyl (C=O) groups excluding carboxylic acids is 2. The van der Waals surface area contributed by atoms with Crippen molar-refractivity contribution >= 4 is 11.6 Å². The smallest absolute Gasteiger partial charge is 0.156 e. The van der Waals surface area contributed by atoms with E-state index in [9.17, 15) is 9.59 Å². The van der Waals surface area contributed by atoms with Gasteiger partial charge in [0.2, 0.25) is 0 Å². The van der Waals surface area contributed by atoms with E-state index in [4.69, 9.17) is 5.11 Å². The van der Waals surface area contributed by atoms with Gasteiger partial charge in [0, 0.05) is 30.8 Å². The first-order chi connectivity index (χ1) is 14.5. The van der Waals surface area contributed by atoms with Crippen molar-refractivity contribution in [3.05, 3.63) is 58.2 Å². The lowest BCUT2D eigenvalue weighted by atomic mass is 9.53. The molecule has 0 bridgehead atoms. The van der Waals surface area contributed by atoms with Gasteiger partial charge in [0.05, 0.1) is 0 Å². The first kappa shape index (κ1) is 19.9. The molecule has 0 unspecified atom stereocenters. The summed E-state index contributed by atoms with van der Waals surface area (Å²) >= 11 is 0. The molecular formula is C27H32O3. The Balaban J connectivity index is 1.59. The van der Waals surface area contributed by atoms with Crippen LogP contribution in [0, 0.1) is 17.3 Å². The number of ketones is 2. The molecule has 0 aromatic heterocycles. The van der Waals surface area contributed by atoms with Gasteiger partial charge >= 0.3 is 0 Å². The van der Waals surface area contributed by atoms with Crippen LogP contribution < -0.4 is 0 Å². The Morgan fingerprint density at radius 3 is 2.60 bits per heavy atom. The molecule has 1 aromatic carbocycles. The van der Waals surface area contributed by atoms with E-state index in [0.29, 0.717) is 24.0 Å². The number of carbonyl (C=O) groups is 2. The van der Waals surface area contributed by atoms with Gasteiger partial charge in [-0.3, -0.25) is 9.59 Å². The van der Waals surface area contributed by atoms with Crippen LogP contribution in [0.3, 0.4) is 0 Å². The van der Waals surface area contributed by atoms with Gasteiger partial charge in [0.1, 0.15) is 5.78 Å². The maximum atomic E-state index is 13.0. The van der Waals surface area contributed by atoms with E-state index in [1.165, 1.54) is 22.3 Å². The second kappa shape index (κ2) is 7.60. The summed E-state index contributed by atoms with van der Waals surface area (Å²) in [5.41, 5.74) is 6.64. The van der Waals surface area contributed by atoms with Crippen LogP contribution >= 0.6 is 0 Å². The van der Waals surface area contributed by atoms with E-state index in [1.807, 2.05) is 6.08 Å². The number of aliphatic hydroxyl groups is 1. The van der Waals surface area contributed by atoms with Crippen molar-refractivity contribution in [3.63, 3.8) is 0 Å². The average molecular weight is 405 g/mol. The van der Waals surface area contributed by atoms with Gasteiger partial charge in [-0.1, -0.05) is 36.8 Å². The molecule has 4 aliphatic carbocycles. The average Bonchev–Trinajstić information content (AvgIpc) is 3.06. The Morgan fingerprint density at radius 2 is 1.83 bits per heavy atom. The van der Waals surface area contributed by atoms with Gasteiger partial charge in [0.15, 0.2) is 5.78 Å². The van der Waals surface area contributed by atoms with Crippen molar-refractivity contribution in [1.29, 1.82) is 0 Å². The van der Waals surface area contributed by atoms with E-state index < -0.39 is 0 Å². The fourth-order valence-corrected chi connectivity index (χ4v) is 6.93. The van der Waals surface area contributed by atoms with Gasteiger partial charge in [-0.2, -0.15) is 0 Å². The van der Waals surface area contributed by atoms with Crippen LogP contribution in [0.15, 0.2) is 47.1 Å². The number of hydrogen-bond acceptors (Lipinski definition) is 3. The maximum Gasteiger partial charge on any atom is 0.156 e. The minimum atomic E-state index is -0.208. The minimum Gasteiger partial charge on any atom is -0.396 e. The third kappa shape index (κ3) is 3.13. The number of aryl methyl sites for hydroxylation is 1. The molecule has 5 rings (SSSR count). The molecule has 30 heavy (non-hydrogen) atoms. The van der Waals surface area contributed by atoms with Crippen molar-refractivity contribution in [2.75, 3.05) is 6.61 Å². The SMILES string of the molecule is C[C@]12C[C@H](c3ccc(CCCO)cc3)C3=C4CCC(=O)C=C4CC[C@H]3[C@@H]1CCC2=O. The quantitative estimate of drug-likeness (QED) is 0.761. The Hall–Kier alpha value is -2.00. The Kier molecular flexibility index (Phi) is 5.05. The summed E-state index contributed by atoms with van der Waals surface area (Å²) in [7, 11) is 0. The summed E-state index contributed by atoms with van der Waals surface area (Å²) in [5, 5.41) is 9.12. The number of benzene rings is 1. The van der Waals surface area contributed by atoms with E-state index in [-0.39, 0.29) is 23.7 Å². The highest BCUT2D eigenvalue weighted by atomic mass is 16.2. The van der Waals surface area contributed by atoms with E-state index in [2.05, 4.69) is 31.2 Å². The molecule has 0 saturated heterocycles. The molecule has 4 aliphatic rings. The van der Waals surface area contributed by atoms with Gasteiger partial charge in [-0.05, 0) is 85.1 Å². The molecule has 3 nitrogen and oxygen atoms in total. The highest BCUT2D eigenvalue weighted by molar-refractivity contribution is 5.93. The highest BCUT2D eigenvalue weighted by Crippen LogP contribution is 2.62. The Bertz CT molecular complexity index is 935. The van der Waals surface area contributed by atoms with Crippen LogP contribution in [0.25, 0.3) is 0 Å². The molecule has 0 aliphatic heterocycles. The van der Waals surface area contributed by atoms with Gasteiger partial charge in [-0.15, -0.1) is 0 Å². The second-order valence-corrected chi connectivity index (χ2v) is 10.0. The summed E-state index contributed by atoms with van der Waals surface area (Å²) in [6, 6.07) is 8.88. The molecular weight excluding hydrogens is 372 g/mol. The largest absolute Gasteiger partial charge is 0.396 e. The molecule has 1 N–H and O–H groups in total. The maximum absolute atomic E-state index is 13.0. The summed E-state index contributed by atoms with van der Waals surface area (Å²) in [4.78, 5) is 25.1. The molecule has 0 heterocycles. The highest BCUT2D eigenvalue weighted by Gasteiger charge is 2.56. The van der Waals surface area contributed by atoms with Crippen molar-refractivity contribution in [1.82, 2.24) is 0 Å². The standard InChI is InChI=1S/C27H32O3/c1-27-16-23(18-6-4-17(5-7-18)3-2-14-28)26-21-11-9-20(29)15-19(21)8-10-22(26)24(27)12-13-25(27)30/h4-7,15,22-24,28H,2-3,8-14,16H2,1H3/t22-,23+,24-,27-/m0/s1. The molecule has 1 aromatic rings. The van der Waals surface area contributed by atoms with Gasteiger partial charge < -0.3 is 5.11 Å². The zero-order valence-electron chi connectivity index (χ0n) is 18.0. The lowest BCUT2D eigenvalue weighted by Crippen LogP contribution is -2.43. The summed E-state index contributed by atoms with van der Waals surface area (Å²) in [6.07, 6.45) is 9.83. The monoisotopic (exact) mass is 404 g/mol. The molecule has 2 fully saturated rings. The van der Waals surface area contributed by atoms with Crippen molar-refractivity contribution < 1.29 is 14.7 Å². The summed E-state index contributed by atoms with van der Waals surface area (Å²) in [5.74, 6) is 1.95. The second-order valence-electron chi connectivity index (χ2n) is 10.0. The van der Waals surface area contributed by atoms with Crippen molar-refractivity contribution in [3.8, 4) is 0 Å². The molecule has 0 radical (unpaired) electrons. The zero-order valence-corrected chi connectivity index (χ0v) is 18.0. The molecule has 2 saturated carbocycles. The van der Waals surface area contributed by atoms with Crippen molar-refractivity contribution in [2.24, 2.45) is 17.3 Å². The predicted molar refractivity (Wildman–Crippen MR) is 117 cm³/mol. The van der Waals surface area contributed by atoms with Gasteiger partial charge in [-0.25, -0.2) is 0 Å². The van der Waals surface area contributed by atoms with Crippen molar-refractivity contribution in [2.45, 2.75) is 70.6 Å². The van der Waals surface area contributed by atoms with Crippen LogP contribution in [-0.4, -0.2) is 23.3 Å². The third-order valence-corrected chi connectivity index (χ3v) is 8.45. The topological polar surface area (TPSA) is 54.4 Å². The number of allylic oxidation sites excluding steroid dienone is 4. The lowest BCUT2D eigenvalue weighted by molar-refractivity contribution is -0.128. The van der Waals surface area contributed by atoms with Crippen LogP contribution in [0.4, 0.5) is 0 Å². The van der Waals surface area contributed by atoms with Crippen LogP contribution in [0.2, 0.25) is 0 Å². The predicted octanol–water partition coefficient (Wildman–Crippen LogP) is 5.08. The molecule has 0 spiro atoms. The number of hydrogen-bond donors (Lipinski definition) is 1. The van der Waals surface area contributed by atoms with Gasteiger partial charge in [0.25, 0.3) is 0 Å². The summed E-state index contributed by atoms with van der Waals surface area (Å²) < 4.78 is 0. The molecule has 4 atom stereocenters. The molecule has 3 heteroatoms. The fourth-order valence-electron chi connectivity index (χ4n) is 6.93. The van der Waals surface area contributed by atoms with E-state index in [1.54, 1.807) is 5.57 Å². The number of aliphatic hydroxyl groups excluding tert-OH is 1. The first-order valence-electron chi connectivity index (χ1n) is 11.7. The minimum absolute atomic E-state index is 0.208. The van der Waals surface area contributed by atoms with Crippen LogP contribution in [0.1, 0.15) is 75.3 Å². The normalized spacial score (nSPS) is 33.1. The van der Waals surface area contributed by atoms with E-state index >= 15 is 0 Å². The van der Waals surface area contributed by atoms with Crippen LogP contribution in [-0.2, 0) is 16.0 Å². The lowest BCUT2D eigenvalue weighted by Gasteiger charge is -2.50. The first-order valence-corrected chi connectivity index (χ1v) is 11.7.